The zero-order chi connectivity index (χ0) is 14.3. The van der Waals surface area contributed by atoms with Gasteiger partial charge in [-0.1, -0.05) is 49.6 Å². The van der Waals surface area contributed by atoms with Gasteiger partial charge in [0.1, 0.15) is 0 Å². The summed E-state index contributed by atoms with van der Waals surface area (Å²) in [5.74, 6) is 0.811. The van der Waals surface area contributed by atoms with Crippen molar-refractivity contribution < 1.29 is 4.74 Å². The normalized spacial score (nSPS) is 25.0. The Kier molecular flexibility index (Phi) is 5.70. The van der Waals surface area contributed by atoms with Gasteiger partial charge in [0.15, 0.2) is 0 Å². The van der Waals surface area contributed by atoms with Crippen molar-refractivity contribution in [3.05, 3.63) is 35.9 Å². The lowest BCUT2D eigenvalue weighted by Crippen LogP contribution is -2.31. The van der Waals surface area contributed by atoms with E-state index >= 15 is 0 Å². The fraction of sp³-hybridized carbons (Fsp3) is 0.684. The Bertz CT molecular complexity index is 393. The first-order valence-corrected chi connectivity index (χ1v) is 8.83. The molecule has 0 spiro atoms. The monoisotopic (exact) mass is 287 g/mol. The smallest absolute Gasteiger partial charge is 0.0588 e. The molecule has 1 saturated carbocycles. The maximum atomic E-state index is 5.75. The number of nitrogens with one attached hydrogen (secondary N) is 1. The zero-order valence-corrected chi connectivity index (χ0v) is 13.1. The molecule has 0 aromatic heterocycles. The molecule has 2 aliphatic rings. The molecule has 1 heterocycles. The van der Waals surface area contributed by atoms with Gasteiger partial charge in [0.2, 0.25) is 0 Å². The van der Waals surface area contributed by atoms with E-state index in [1.165, 1.54) is 50.5 Å². The summed E-state index contributed by atoms with van der Waals surface area (Å²) in [6.07, 6.45) is 11.2. The van der Waals surface area contributed by atoms with Crippen LogP contribution in [-0.2, 0) is 4.74 Å². The molecule has 1 aliphatic carbocycles. The lowest BCUT2D eigenvalue weighted by atomic mass is 9.81. The summed E-state index contributed by atoms with van der Waals surface area (Å²) in [5.41, 5.74) is 1.47. The van der Waals surface area contributed by atoms with Crippen molar-refractivity contribution in [1.82, 2.24) is 5.32 Å². The lowest BCUT2D eigenvalue weighted by Gasteiger charge is -2.32. The Balaban J connectivity index is 1.58. The Labute approximate surface area is 129 Å². The topological polar surface area (TPSA) is 21.3 Å². The van der Waals surface area contributed by atoms with E-state index in [0.29, 0.717) is 12.1 Å². The van der Waals surface area contributed by atoms with Crippen molar-refractivity contribution in [2.75, 3.05) is 13.2 Å². The van der Waals surface area contributed by atoms with E-state index in [-0.39, 0.29) is 0 Å². The minimum Gasteiger partial charge on any atom is -0.378 e. The number of rotatable bonds is 6. The van der Waals surface area contributed by atoms with Crippen molar-refractivity contribution >= 4 is 0 Å². The third-order valence-electron chi connectivity index (χ3n) is 5.13. The van der Waals surface area contributed by atoms with Crippen LogP contribution in [0.3, 0.4) is 0 Å². The first-order chi connectivity index (χ1) is 10.4. The van der Waals surface area contributed by atoms with Crippen LogP contribution >= 0.6 is 0 Å². The first kappa shape index (κ1) is 15.1. The summed E-state index contributed by atoms with van der Waals surface area (Å²) >= 11 is 0. The van der Waals surface area contributed by atoms with Crippen LogP contribution in [0.2, 0.25) is 0 Å². The van der Waals surface area contributed by atoms with Gasteiger partial charge in [0.05, 0.1) is 6.10 Å². The van der Waals surface area contributed by atoms with Crippen LogP contribution in [0.5, 0.6) is 0 Å². The minimum atomic E-state index is 0.500. The standard InChI is InChI=1S/C19H29NO/c1-3-8-16(9-4-1)19(17-10-5-2-6-11-17)20-14-13-18-12-7-15-21-18/h1,3-4,8-9,17-20H,2,5-7,10-15H2. The molecule has 2 unspecified atom stereocenters. The molecule has 2 atom stereocenters. The van der Waals surface area contributed by atoms with Crippen molar-refractivity contribution in [1.29, 1.82) is 0 Å². The second kappa shape index (κ2) is 7.95. The van der Waals surface area contributed by atoms with Gasteiger partial charge >= 0.3 is 0 Å². The van der Waals surface area contributed by atoms with Crippen molar-refractivity contribution in [2.24, 2.45) is 5.92 Å². The molecule has 1 saturated heterocycles. The highest BCUT2D eigenvalue weighted by molar-refractivity contribution is 5.19. The van der Waals surface area contributed by atoms with E-state index in [9.17, 15) is 0 Å². The zero-order valence-electron chi connectivity index (χ0n) is 13.1. The first-order valence-electron chi connectivity index (χ1n) is 8.83. The van der Waals surface area contributed by atoms with Gasteiger partial charge in [0.25, 0.3) is 0 Å². The molecule has 116 valence electrons. The van der Waals surface area contributed by atoms with Gasteiger partial charge in [-0.25, -0.2) is 0 Å². The predicted octanol–water partition coefficient (Wildman–Crippen LogP) is 4.47. The fourth-order valence-electron chi connectivity index (χ4n) is 3.96. The summed E-state index contributed by atoms with van der Waals surface area (Å²) in [6.45, 7) is 2.05. The molecule has 21 heavy (non-hydrogen) atoms. The average molecular weight is 287 g/mol. The van der Waals surface area contributed by atoms with E-state index in [1.54, 1.807) is 0 Å². The van der Waals surface area contributed by atoms with Crippen molar-refractivity contribution in [3.8, 4) is 0 Å². The number of hydrogen-bond donors (Lipinski definition) is 1. The number of ether oxygens (including phenoxy) is 1. The van der Waals surface area contributed by atoms with Gasteiger partial charge in [-0.2, -0.15) is 0 Å². The lowest BCUT2D eigenvalue weighted by molar-refractivity contribution is 0.102. The predicted molar refractivity (Wildman–Crippen MR) is 87.4 cm³/mol. The molecule has 1 aromatic carbocycles. The van der Waals surface area contributed by atoms with E-state index in [4.69, 9.17) is 4.74 Å². The molecule has 1 aromatic rings. The maximum Gasteiger partial charge on any atom is 0.0588 e. The summed E-state index contributed by atoms with van der Waals surface area (Å²) in [4.78, 5) is 0. The fourth-order valence-corrected chi connectivity index (χ4v) is 3.96. The SMILES string of the molecule is c1ccc(C(NCCC2CCCO2)C2CCCCC2)cc1. The van der Waals surface area contributed by atoms with Crippen LogP contribution in [0.25, 0.3) is 0 Å². The van der Waals surface area contributed by atoms with Gasteiger partial charge in [-0.3, -0.25) is 0 Å². The highest BCUT2D eigenvalue weighted by atomic mass is 16.5. The Morgan fingerprint density at radius 3 is 2.52 bits per heavy atom. The summed E-state index contributed by atoms with van der Waals surface area (Å²) in [6, 6.07) is 11.6. The quantitative estimate of drug-likeness (QED) is 0.833. The molecular formula is C19H29NO. The van der Waals surface area contributed by atoms with Crippen LogP contribution in [0.4, 0.5) is 0 Å². The minimum absolute atomic E-state index is 0.500. The molecule has 2 fully saturated rings. The third-order valence-corrected chi connectivity index (χ3v) is 5.13. The molecular weight excluding hydrogens is 258 g/mol. The number of hydrogen-bond acceptors (Lipinski definition) is 2. The average Bonchev–Trinajstić information content (AvgIpc) is 3.07. The Morgan fingerprint density at radius 1 is 1.00 bits per heavy atom. The van der Waals surface area contributed by atoms with E-state index in [0.717, 1.165) is 25.5 Å². The molecule has 2 nitrogen and oxygen atoms in total. The molecule has 1 N–H and O–H groups in total. The highest BCUT2D eigenvalue weighted by Crippen LogP contribution is 2.34. The molecule has 2 heteroatoms. The summed E-state index contributed by atoms with van der Waals surface area (Å²) in [5, 5.41) is 3.85. The molecule has 0 bridgehead atoms. The summed E-state index contributed by atoms with van der Waals surface area (Å²) < 4.78 is 5.75. The van der Waals surface area contributed by atoms with Crippen molar-refractivity contribution in [2.45, 2.75) is 63.5 Å². The maximum absolute atomic E-state index is 5.75. The second-order valence-corrected chi connectivity index (χ2v) is 6.66. The molecule has 3 rings (SSSR count). The van der Waals surface area contributed by atoms with E-state index in [1.807, 2.05) is 0 Å². The van der Waals surface area contributed by atoms with Gasteiger partial charge in [0, 0.05) is 12.6 Å². The Morgan fingerprint density at radius 2 is 1.81 bits per heavy atom. The van der Waals surface area contributed by atoms with Gasteiger partial charge < -0.3 is 10.1 Å². The van der Waals surface area contributed by atoms with Crippen LogP contribution in [0, 0.1) is 5.92 Å². The molecule has 0 radical (unpaired) electrons. The van der Waals surface area contributed by atoms with Crippen LogP contribution < -0.4 is 5.32 Å². The van der Waals surface area contributed by atoms with E-state index < -0.39 is 0 Å². The summed E-state index contributed by atoms with van der Waals surface area (Å²) in [7, 11) is 0. The Hall–Kier alpha value is -0.860. The van der Waals surface area contributed by atoms with Gasteiger partial charge in [-0.15, -0.1) is 0 Å². The van der Waals surface area contributed by atoms with Gasteiger partial charge in [-0.05, 0) is 50.1 Å². The third kappa shape index (κ3) is 4.31. The number of benzene rings is 1. The molecule has 0 amide bonds. The van der Waals surface area contributed by atoms with E-state index in [2.05, 4.69) is 35.6 Å². The molecule has 1 aliphatic heterocycles. The van der Waals surface area contributed by atoms with Crippen LogP contribution in [0.15, 0.2) is 30.3 Å². The van der Waals surface area contributed by atoms with Crippen molar-refractivity contribution in [3.63, 3.8) is 0 Å². The van der Waals surface area contributed by atoms with Crippen LogP contribution in [0.1, 0.15) is 63.0 Å². The van der Waals surface area contributed by atoms with Crippen LogP contribution in [-0.4, -0.2) is 19.3 Å². The highest BCUT2D eigenvalue weighted by Gasteiger charge is 2.25. The largest absolute Gasteiger partial charge is 0.378 e. The second-order valence-electron chi connectivity index (χ2n) is 6.66.